The number of methoxy groups -OCH3 is 1. The molecule has 3 heterocycles. The predicted molar refractivity (Wildman–Crippen MR) is 121 cm³/mol. The van der Waals surface area contributed by atoms with E-state index in [1.807, 2.05) is 45.0 Å². The van der Waals surface area contributed by atoms with Crippen LogP contribution in [0, 0.1) is 20.8 Å². The van der Waals surface area contributed by atoms with Gasteiger partial charge >= 0.3 is 0 Å². The van der Waals surface area contributed by atoms with Crippen LogP contribution < -0.4 is 10.1 Å². The van der Waals surface area contributed by atoms with Gasteiger partial charge in [-0.05, 0) is 38.5 Å². The Labute approximate surface area is 179 Å². The average Bonchev–Trinajstić information content (AvgIpc) is 3.29. The topological polar surface area (TPSA) is 88.9 Å². The number of aromatic nitrogens is 4. The van der Waals surface area contributed by atoms with Crippen LogP contribution >= 0.6 is 0 Å². The van der Waals surface area contributed by atoms with Crippen LogP contribution in [0.4, 0.5) is 5.82 Å². The van der Waals surface area contributed by atoms with Crippen molar-refractivity contribution in [1.29, 1.82) is 0 Å². The first-order chi connectivity index (χ1) is 15.0. The SMILES string of the molecule is COc1cc2c(cc1-c1c(C)noc1C)[nH]c1nc(C)nc(NCc3ccccc3)c12. The van der Waals surface area contributed by atoms with Gasteiger partial charge in [0.25, 0.3) is 0 Å². The molecule has 156 valence electrons. The Morgan fingerprint density at radius 2 is 1.87 bits per heavy atom. The smallest absolute Gasteiger partial charge is 0.144 e. The van der Waals surface area contributed by atoms with E-state index < -0.39 is 0 Å². The zero-order valence-corrected chi connectivity index (χ0v) is 17.9. The van der Waals surface area contributed by atoms with E-state index in [-0.39, 0.29) is 0 Å². The quantitative estimate of drug-likeness (QED) is 0.406. The number of ether oxygens (including phenoxy) is 1. The Bertz CT molecular complexity index is 1380. The highest BCUT2D eigenvalue weighted by atomic mass is 16.5. The number of aromatic amines is 1. The molecule has 0 aliphatic rings. The average molecular weight is 413 g/mol. The van der Waals surface area contributed by atoms with E-state index in [0.29, 0.717) is 12.4 Å². The number of benzene rings is 2. The minimum atomic E-state index is 0.674. The Morgan fingerprint density at radius 1 is 1.06 bits per heavy atom. The van der Waals surface area contributed by atoms with Gasteiger partial charge in [-0.2, -0.15) is 0 Å². The van der Waals surface area contributed by atoms with Crippen molar-refractivity contribution in [3.8, 4) is 16.9 Å². The highest BCUT2D eigenvalue weighted by Gasteiger charge is 2.20. The van der Waals surface area contributed by atoms with Crippen LogP contribution in [0.5, 0.6) is 5.75 Å². The van der Waals surface area contributed by atoms with E-state index in [2.05, 4.69) is 43.6 Å². The van der Waals surface area contributed by atoms with Crippen LogP contribution in [-0.4, -0.2) is 27.2 Å². The van der Waals surface area contributed by atoms with Gasteiger partial charge in [-0.25, -0.2) is 9.97 Å². The number of hydrogen-bond acceptors (Lipinski definition) is 6. The molecule has 0 spiro atoms. The molecule has 3 aromatic heterocycles. The summed E-state index contributed by atoms with van der Waals surface area (Å²) in [6.07, 6.45) is 0. The molecular weight excluding hydrogens is 390 g/mol. The summed E-state index contributed by atoms with van der Waals surface area (Å²) in [6, 6.07) is 14.4. The second kappa shape index (κ2) is 7.43. The van der Waals surface area contributed by atoms with E-state index >= 15 is 0 Å². The molecule has 0 fully saturated rings. The van der Waals surface area contributed by atoms with Gasteiger partial charge in [0, 0.05) is 23.0 Å². The van der Waals surface area contributed by atoms with Gasteiger partial charge < -0.3 is 19.6 Å². The second-order valence-corrected chi connectivity index (χ2v) is 7.60. The number of hydrogen-bond donors (Lipinski definition) is 2. The summed E-state index contributed by atoms with van der Waals surface area (Å²) in [5.74, 6) is 3.00. The van der Waals surface area contributed by atoms with Crippen molar-refractivity contribution in [1.82, 2.24) is 20.1 Å². The Hall–Kier alpha value is -3.87. The normalized spacial score (nSPS) is 11.4. The number of aryl methyl sites for hydroxylation is 3. The first-order valence-corrected chi connectivity index (χ1v) is 10.1. The molecule has 0 saturated carbocycles. The van der Waals surface area contributed by atoms with Crippen molar-refractivity contribution in [3.63, 3.8) is 0 Å². The van der Waals surface area contributed by atoms with E-state index in [4.69, 9.17) is 9.26 Å². The summed E-state index contributed by atoms with van der Waals surface area (Å²) in [7, 11) is 1.67. The van der Waals surface area contributed by atoms with Crippen molar-refractivity contribution < 1.29 is 9.26 Å². The minimum absolute atomic E-state index is 0.674. The molecule has 0 bridgehead atoms. The molecule has 0 atom stereocenters. The van der Waals surface area contributed by atoms with Crippen molar-refractivity contribution in [2.45, 2.75) is 27.3 Å². The van der Waals surface area contributed by atoms with Crippen LogP contribution in [0.3, 0.4) is 0 Å². The number of nitrogens with one attached hydrogen (secondary N) is 2. The standard InChI is InChI=1S/C24H23N5O2/c1-13-21(14(2)31-29-13)18-10-19-17(11-20(18)30-4)22-23(26-15(3)27-24(22)28-19)25-12-16-8-6-5-7-9-16/h5-11H,12H2,1-4H3,(H2,25,26,27,28). The molecule has 5 aromatic rings. The predicted octanol–water partition coefficient (Wildman–Crippen LogP) is 5.31. The lowest BCUT2D eigenvalue weighted by Crippen LogP contribution is -2.03. The maximum Gasteiger partial charge on any atom is 0.144 e. The molecule has 0 amide bonds. The maximum atomic E-state index is 5.75. The molecular formula is C24H23N5O2. The van der Waals surface area contributed by atoms with E-state index in [0.717, 1.165) is 56.1 Å². The van der Waals surface area contributed by atoms with Crippen LogP contribution in [0.15, 0.2) is 47.0 Å². The second-order valence-electron chi connectivity index (χ2n) is 7.60. The molecule has 0 aliphatic carbocycles. The third kappa shape index (κ3) is 3.28. The van der Waals surface area contributed by atoms with Crippen LogP contribution in [0.2, 0.25) is 0 Å². The summed E-state index contributed by atoms with van der Waals surface area (Å²) >= 11 is 0. The number of rotatable bonds is 5. The summed E-state index contributed by atoms with van der Waals surface area (Å²) < 4.78 is 11.1. The Morgan fingerprint density at radius 3 is 2.58 bits per heavy atom. The lowest BCUT2D eigenvalue weighted by atomic mass is 10.0. The highest BCUT2D eigenvalue weighted by Crippen LogP contribution is 2.40. The summed E-state index contributed by atoms with van der Waals surface area (Å²) in [4.78, 5) is 12.8. The molecule has 2 N–H and O–H groups in total. The van der Waals surface area contributed by atoms with Gasteiger partial charge in [-0.1, -0.05) is 35.5 Å². The van der Waals surface area contributed by atoms with Crippen LogP contribution in [0.25, 0.3) is 33.1 Å². The van der Waals surface area contributed by atoms with Gasteiger partial charge in [0.1, 0.15) is 28.8 Å². The summed E-state index contributed by atoms with van der Waals surface area (Å²) in [6.45, 7) is 6.41. The number of H-pyrrole nitrogens is 1. The molecule has 0 aliphatic heterocycles. The molecule has 31 heavy (non-hydrogen) atoms. The number of anilines is 1. The van der Waals surface area contributed by atoms with E-state index in [1.165, 1.54) is 5.56 Å². The van der Waals surface area contributed by atoms with E-state index in [1.54, 1.807) is 7.11 Å². The summed E-state index contributed by atoms with van der Waals surface area (Å²) in [5, 5.41) is 9.52. The van der Waals surface area contributed by atoms with Crippen molar-refractivity contribution >= 4 is 27.8 Å². The molecule has 0 saturated heterocycles. The Balaban J connectivity index is 1.69. The van der Waals surface area contributed by atoms with Gasteiger partial charge in [-0.3, -0.25) is 0 Å². The van der Waals surface area contributed by atoms with Crippen molar-refractivity contribution in [2.75, 3.05) is 12.4 Å². The van der Waals surface area contributed by atoms with Crippen molar-refractivity contribution in [2.24, 2.45) is 0 Å². The third-order valence-electron chi connectivity index (χ3n) is 5.49. The van der Waals surface area contributed by atoms with Gasteiger partial charge in [0.2, 0.25) is 0 Å². The molecule has 2 aromatic carbocycles. The van der Waals surface area contributed by atoms with E-state index in [9.17, 15) is 0 Å². The molecule has 7 heteroatoms. The minimum Gasteiger partial charge on any atom is -0.496 e. The molecule has 7 nitrogen and oxygen atoms in total. The maximum absolute atomic E-state index is 5.75. The molecule has 0 radical (unpaired) electrons. The van der Waals surface area contributed by atoms with Crippen LogP contribution in [0.1, 0.15) is 22.8 Å². The first kappa shape index (κ1) is 19.1. The highest BCUT2D eigenvalue weighted by molar-refractivity contribution is 6.12. The Kier molecular flexibility index (Phi) is 4.58. The zero-order chi connectivity index (χ0) is 21.5. The fraction of sp³-hybridized carbons (Fsp3) is 0.208. The van der Waals surface area contributed by atoms with Gasteiger partial charge in [0.05, 0.1) is 23.8 Å². The zero-order valence-electron chi connectivity index (χ0n) is 17.9. The fourth-order valence-electron chi connectivity index (χ4n) is 4.08. The summed E-state index contributed by atoms with van der Waals surface area (Å²) in [5.41, 5.74) is 5.63. The van der Waals surface area contributed by atoms with Gasteiger partial charge in [-0.15, -0.1) is 0 Å². The molecule has 0 unspecified atom stereocenters. The third-order valence-corrected chi connectivity index (χ3v) is 5.49. The lowest BCUT2D eigenvalue weighted by molar-refractivity contribution is 0.393. The fourth-order valence-corrected chi connectivity index (χ4v) is 4.08. The first-order valence-electron chi connectivity index (χ1n) is 10.1. The monoisotopic (exact) mass is 413 g/mol. The lowest BCUT2D eigenvalue weighted by Gasteiger charge is -2.10. The largest absolute Gasteiger partial charge is 0.496 e. The van der Waals surface area contributed by atoms with Crippen molar-refractivity contribution in [3.05, 3.63) is 65.3 Å². The van der Waals surface area contributed by atoms with Crippen LogP contribution in [-0.2, 0) is 6.54 Å². The number of fused-ring (bicyclic) bond motifs is 3. The molecule has 5 rings (SSSR count). The van der Waals surface area contributed by atoms with Gasteiger partial charge in [0.15, 0.2) is 0 Å². The number of nitrogens with zero attached hydrogens (tertiary/aromatic N) is 3.